The predicted octanol–water partition coefficient (Wildman–Crippen LogP) is 4.15. The van der Waals surface area contributed by atoms with Crippen LogP contribution in [0.4, 0.5) is 5.69 Å². The second kappa shape index (κ2) is 8.15. The Morgan fingerprint density at radius 2 is 1.71 bits per heavy atom. The van der Waals surface area contributed by atoms with Crippen LogP contribution in [0.1, 0.15) is 5.56 Å². The second-order valence-electron chi connectivity index (χ2n) is 6.82. The van der Waals surface area contributed by atoms with Crippen LogP contribution in [-0.2, 0) is 11.3 Å². The van der Waals surface area contributed by atoms with Crippen molar-refractivity contribution in [1.82, 2.24) is 4.90 Å². The van der Waals surface area contributed by atoms with Crippen molar-refractivity contribution in [3.05, 3.63) is 78.4 Å². The molecule has 0 fully saturated rings. The fourth-order valence-electron chi connectivity index (χ4n) is 3.30. The number of para-hydroxylation sites is 1. The Bertz CT molecular complexity index is 973. The molecular formula is C23H22N2O3. The standard InChI is InChI=1S/C23H22N2O3/c1-25(14-17-11-12-21-22(13-17)28-16-27-21)15-23(26)24-20-10-6-5-9-19(20)18-7-3-2-4-8-18/h2-13H,14-16H2,1H3,(H,24,26). The van der Waals surface area contributed by atoms with Crippen LogP contribution in [0.2, 0.25) is 0 Å². The summed E-state index contributed by atoms with van der Waals surface area (Å²) in [5.74, 6) is 1.47. The predicted molar refractivity (Wildman–Crippen MR) is 109 cm³/mol. The van der Waals surface area contributed by atoms with Gasteiger partial charge in [0, 0.05) is 17.8 Å². The molecule has 0 aliphatic carbocycles. The summed E-state index contributed by atoms with van der Waals surface area (Å²) in [6.07, 6.45) is 0. The first-order valence-electron chi connectivity index (χ1n) is 9.20. The Hall–Kier alpha value is -3.31. The first kappa shape index (κ1) is 18.1. The molecule has 0 bridgehead atoms. The highest BCUT2D eigenvalue weighted by Crippen LogP contribution is 2.32. The molecule has 5 nitrogen and oxygen atoms in total. The molecule has 28 heavy (non-hydrogen) atoms. The number of likely N-dealkylation sites (N-methyl/N-ethyl adjacent to an activating group) is 1. The van der Waals surface area contributed by atoms with Crippen LogP contribution in [0.5, 0.6) is 11.5 Å². The monoisotopic (exact) mass is 374 g/mol. The molecular weight excluding hydrogens is 352 g/mol. The molecule has 0 radical (unpaired) electrons. The highest BCUT2D eigenvalue weighted by molar-refractivity contribution is 5.96. The van der Waals surface area contributed by atoms with Crippen LogP contribution in [0.3, 0.4) is 0 Å². The number of amides is 1. The van der Waals surface area contributed by atoms with Crippen molar-refractivity contribution in [1.29, 1.82) is 0 Å². The molecule has 3 aromatic rings. The first-order chi connectivity index (χ1) is 13.7. The van der Waals surface area contributed by atoms with Crippen LogP contribution in [0.15, 0.2) is 72.8 Å². The summed E-state index contributed by atoms with van der Waals surface area (Å²) in [5, 5.41) is 3.04. The summed E-state index contributed by atoms with van der Waals surface area (Å²) >= 11 is 0. The van der Waals surface area contributed by atoms with E-state index < -0.39 is 0 Å². The zero-order chi connectivity index (χ0) is 19.3. The summed E-state index contributed by atoms with van der Waals surface area (Å²) in [5.41, 5.74) is 3.97. The third-order valence-corrected chi connectivity index (χ3v) is 4.59. The Morgan fingerprint density at radius 1 is 0.964 bits per heavy atom. The number of ether oxygens (including phenoxy) is 2. The van der Waals surface area contributed by atoms with Crippen LogP contribution < -0.4 is 14.8 Å². The molecule has 1 aliphatic heterocycles. The van der Waals surface area contributed by atoms with E-state index in [1.807, 2.05) is 84.7 Å². The van der Waals surface area contributed by atoms with E-state index in [1.54, 1.807) is 0 Å². The summed E-state index contributed by atoms with van der Waals surface area (Å²) in [6.45, 7) is 1.19. The lowest BCUT2D eigenvalue weighted by Crippen LogP contribution is -2.30. The van der Waals surface area contributed by atoms with Gasteiger partial charge in [-0.15, -0.1) is 0 Å². The number of nitrogens with zero attached hydrogens (tertiary/aromatic N) is 1. The van der Waals surface area contributed by atoms with Gasteiger partial charge >= 0.3 is 0 Å². The van der Waals surface area contributed by atoms with Crippen molar-refractivity contribution in [3.8, 4) is 22.6 Å². The maximum absolute atomic E-state index is 12.6. The number of anilines is 1. The Balaban J connectivity index is 1.39. The highest BCUT2D eigenvalue weighted by Gasteiger charge is 2.15. The van der Waals surface area contributed by atoms with E-state index >= 15 is 0 Å². The SMILES string of the molecule is CN(CC(=O)Nc1ccccc1-c1ccccc1)Cc1ccc2c(c1)OCO2. The molecule has 3 aromatic carbocycles. The molecule has 5 heteroatoms. The Kier molecular flexibility index (Phi) is 5.26. The average molecular weight is 374 g/mol. The van der Waals surface area contributed by atoms with Gasteiger partial charge in [-0.05, 0) is 36.4 Å². The molecule has 0 aromatic heterocycles. The van der Waals surface area contributed by atoms with Gasteiger partial charge in [0.2, 0.25) is 12.7 Å². The summed E-state index contributed by atoms with van der Waals surface area (Å²) in [4.78, 5) is 14.6. The maximum atomic E-state index is 12.6. The van der Waals surface area contributed by atoms with Crippen molar-refractivity contribution < 1.29 is 14.3 Å². The summed E-state index contributed by atoms with van der Waals surface area (Å²) < 4.78 is 10.8. The zero-order valence-electron chi connectivity index (χ0n) is 15.7. The maximum Gasteiger partial charge on any atom is 0.238 e. The van der Waals surface area contributed by atoms with Crippen LogP contribution in [-0.4, -0.2) is 31.2 Å². The lowest BCUT2D eigenvalue weighted by molar-refractivity contribution is -0.117. The minimum atomic E-state index is -0.0494. The molecule has 4 rings (SSSR count). The lowest BCUT2D eigenvalue weighted by atomic mass is 10.0. The van der Waals surface area contributed by atoms with Gasteiger partial charge in [-0.1, -0.05) is 54.6 Å². The third kappa shape index (κ3) is 4.15. The normalized spacial score (nSPS) is 12.2. The van der Waals surface area contributed by atoms with E-state index in [4.69, 9.17) is 9.47 Å². The quantitative estimate of drug-likeness (QED) is 0.704. The van der Waals surface area contributed by atoms with E-state index in [2.05, 4.69) is 5.32 Å². The van der Waals surface area contributed by atoms with E-state index in [-0.39, 0.29) is 19.2 Å². The number of hydrogen-bond donors (Lipinski definition) is 1. The van der Waals surface area contributed by atoms with Gasteiger partial charge in [-0.3, -0.25) is 9.69 Å². The molecule has 0 unspecified atom stereocenters. The van der Waals surface area contributed by atoms with E-state index in [9.17, 15) is 4.79 Å². The second-order valence-corrected chi connectivity index (χ2v) is 6.82. The van der Waals surface area contributed by atoms with Gasteiger partial charge in [0.15, 0.2) is 11.5 Å². The molecule has 1 N–H and O–H groups in total. The number of nitrogens with one attached hydrogen (secondary N) is 1. The average Bonchev–Trinajstić information content (AvgIpc) is 3.16. The van der Waals surface area contributed by atoms with Gasteiger partial charge < -0.3 is 14.8 Å². The Labute approximate surface area is 164 Å². The first-order valence-corrected chi connectivity index (χ1v) is 9.20. The van der Waals surface area contributed by atoms with Crippen molar-refractivity contribution in [3.63, 3.8) is 0 Å². The van der Waals surface area contributed by atoms with Crippen molar-refractivity contribution >= 4 is 11.6 Å². The molecule has 0 saturated carbocycles. The number of fused-ring (bicyclic) bond motifs is 1. The molecule has 1 aliphatic rings. The topological polar surface area (TPSA) is 50.8 Å². The van der Waals surface area contributed by atoms with Gasteiger partial charge in [0.25, 0.3) is 0 Å². The van der Waals surface area contributed by atoms with E-state index in [1.165, 1.54) is 0 Å². The number of benzene rings is 3. The molecule has 0 spiro atoms. The molecule has 142 valence electrons. The van der Waals surface area contributed by atoms with Crippen LogP contribution in [0.25, 0.3) is 11.1 Å². The van der Waals surface area contributed by atoms with Crippen LogP contribution in [0, 0.1) is 0 Å². The van der Waals surface area contributed by atoms with Gasteiger partial charge in [0.05, 0.1) is 6.54 Å². The van der Waals surface area contributed by atoms with Gasteiger partial charge in [-0.2, -0.15) is 0 Å². The van der Waals surface area contributed by atoms with Crippen molar-refractivity contribution in [2.24, 2.45) is 0 Å². The molecule has 1 heterocycles. The number of hydrogen-bond acceptors (Lipinski definition) is 4. The van der Waals surface area contributed by atoms with E-state index in [0.29, 0.717) is 6.54 Å². The Morgan fingerprint density at radius 3 is 2.57 bits per heavy atom. The number of carbonyl (C=O) groups is 1. The fourth-order valence-corrected chi connectivity index (χ4v) is 3.30. The number of rotatable bonds is 6. The summed E-state index contributed by atoms with van der Waals surface area (Å²) in [7, 11) is 1.92. The summed E-state index contributed by atoms with van der Waals surface area (Å²) in [6, 6.07) is 23.8. The van der Waals surface area contributed by atoms with Gasteiger partial charge in [-0.25, -0.2) is 0 Å². The minimum absolute atomic E-state index is 0.0494. The minimum Gasteiger partial charge on any atom is -0.454 e. The number of carbonyl (C=O) groups excluding carboxylic acids is 1. The van der Waals surface area contributed by atoms with E-state index in [0.717, 1.165) is 33.9 Å². The van der Waals surface area contributed by atoms with Crippen molar-refractivity contribution in [2.75, 3.05) is 25.7 Å². The van der Waals surface area contributed by atoms with Gasteiger partial charge in [0.1, 0.15) is 0 Å². The lowest BCUT2D eigenvalue weighted by Gasteiger charge is -2.17. The zero-order valence-corrected chi connectivity index (χ0v) is 15.7. The smallest absolute Gasteiger partial charge is 0.238 e. The molecule has 1 amide bonds. The largest absolute Gasteiger partial charge is 0.454 e. The highest BCUT2D eigenvalue weighted by atomic mass is 16.7. The van der Waals surface area contributed by atoms with Crippen molar-refractivity contribution in [2.45, 2.75) is 6.54 Å². The fraction of sp³-hybridized carbons (Fsp3) is 0.174. The third-order valence-electron chi connectivity index (χ3n) is 4.59. The van der Waals surface area contributed by atoms with Crippen LogP contribution >= 0.6 is 0 Å². The molecule has 0 atom stereocenters. The molecule has 0 saturated heterocycles.